The Morgan fingerprint density at radius 1 is 1.20 bits per heavy atom. The molecule has 1 heterocycles. The number of primary amides is 1. The molecule has 1 aliphatic heterocycles. The molecule has 144 valence electrons. The van der Waals surface area contributed by atoms with Crippen LogP contribution in [0.4, 0.5) is 0 Å². The van der Waals surface area contributed by atoms with Crippen molar-refractivity contribution in [2.24, 2.45) is 29.4 Å². The minimum atomic E-state index is -0.442. The first-order valence-corrected chi connectivity index (χ1v) is 9.56. The highest BCUT2D eigenvalue weighted by Gasteiger charge is 2.37. The molecule has 3 atom stereocenters. The molecule has 1 rings (SSSR count). The lowest BCUT2D eigenvalue weighted by Crippen LogP contribution is -2.48. The number of likely N-dealkylation sites (tertiary alicyclic amines) is 1. The van der Waals surface area contributed by atoms with Crippen molar-refractivity contribution in [3.63, 3.8) is 0 Å². The Morgan fingerprint density at radius 3 is 2.40 bits per heavy atom. The van der Waals surface area contributed by atoms with E-state index in [1.54, 1.807) is 11.8 Å². The molecule has 2 amide bonds. The van der Waals surface area contributed by atoms with E-state index in [1.807, 2.05) is 20.8 Å². The van der Waals surface area contributed by atoms with E-state index in [2.05, 4.69) is 0 Å². The number of nitrogens with zero attached hydrogens (tertiary/aromatic N) is 1. The van der Waals surface area contributed by atoms with Crippen LogP contribution < -0.4 is 5.73 Å². The van der Waals surface area contributed by atoms with Gasteiger partial charge in [-0.05, 0) is 38.5 Å². The molecule has 0 radical (unpaired) electrons. The van der Waals surface area contributed by atoms with Gasteiger partial charge in [0.25, 0.3) is 0 Å². The van der Waals surface area contributed by atoms with Crippen LogP contribution in [-0.4, -0.2) is 42.4 Å². The zero-order valence-corrected chi connectivity index (χ0v) is 16.1. The van der Waals surface area contributed by atoms with Crippen molar-refractivity contribution >= 4 is 17.8 Å². The van der Waals surface area contributed by atoms with Gasteiger partial charge >= 0.3 is 5.97 Å². The van der Waals surface area contributed by atoms with Crippen LogP contribution >= 0.6 is 0 Å². The molecular weight excluding hydrogens is 320 g/mol. The quantitative estimate of drug-likeness (QED) is 0.644. The van der Waals surface area contributed by atoms with Gasteiger partial charge in [0.1, 0.15) is 0 Å². The average molecular weight is 354 g/mol. The summed E-state index contributed by atoms with van der Waals surface area (Å²) in [5, 5.41) is 0. The SMILES string of the molecule is CCC[C@H](C(N)=O)[C@@H](CC(C)C)C(=O)N1CCCC(C(=O)OCC)C1. The fourth-order valence-electron chi connectivity index (χ4n) is 3.66. The number of hydrogen-bond donors (Lipinski definition) is 1. The molecule has 0 aliphatic carbocycles. The fourth-order valence-corrected chi connectivity index (χ4v) is 3.66. The smallest absolute Gasteiger partial charge is 0.310 e. The predicted molar refractivity (Wildman–Crippen MR) is 96.5 cm³/mol. The van der Waals surface area contributed by atoms with Crippen molar-refractivity contribution in [1.29, 1.82) is 0 Å². The van der Waals surface area contributed by atoms with Crippen LogP contribution in [0, 0.1) is 23.7 Å². The largest absolute Gasteiger partial charge is 0.466 e. The van der Waals surface area contributed by atoms with Crippen LogP contribution in [0.15, 0.2) is 0 Å². The second-order valence-corrected chi connectivity index (χ2v) is 7.41. The molecule has 0 spiro atoms. The van der Waals surface area contributed by atoms with Gasteiger partial charge in [0.2, 0.25) is 11.8 Å². The second-order valence-electron chi connectivity index (χ2n) is 7.41. The maximum absolute atomic E-state index is 13.1. The third-order valence-electron chi connectivity index (χ3n) is 4.85. The summed E-state index contributed by atoms with van der Waals surface area (Å²) < 4.78 is 5.11. The van der Waals surface area contributed by atoms with E-state index >= 15 is 0 Å². The Kier molecular flexibility index (Phi) is 8.93. The first kappa shape index (κ1) is 21.5. The van der Waals surface area contributed by atoms with Crippen LogP contribution in [0.5, 0.6) is 0 Å². The molecule has 1 saturated heterocycles. The molecule has 1 fully saturated rings. The van der Waals surface area contributed by atoms with Gasteiger partial charge in [0.05, 0.1) is 12.5 Å². The first-order chi connectivity index (χ1) is 11.8. The van der Waals surface area contributed by atoms with E-state index in [4.69, 9.17) is 10.5 Å². The molecule has 0 bridgehead atoms. The molecule has 0 aromatic rings. The number of piperidine rings is 1. The van der Waals surface area contributed by atoms with E-state index in [-0.39, 0.29) is 17.8 Å². The van der Waals surface area contributed by atoms with Gasteiger partial charge < -0.3 is 15.4 Å². The van der Waals surface area contributed by atoms with Crippen molar-refractivity contribution in [1.82, 2.24) is 4.90 Å². The van der Waals surface area contributed by atoms with Crippen LogP contribution in [0.1, 0.15) is 59.8 Å². The topological polar surface area (TPSA) is 89.7 Å². The molecule has 0 aromatic carbocycles. The van der Waals surface area contributed by atoms with Gasteiger partial charge in [-0.15, -0.1) is 0 Å². The lowest BCUT2D eigenvalue weighted by Gasteiger charge is -2.36. The second kappa shape index (κ2) is 10.4. The van der Waals surface area contributed by atoms with E-state index in [9.17, 15) is 14.4 Å². The van der Waals surface area contributed by atoms with Gasteiger partial charge in [-0.25, -0.2) is 0 Å². The standard InChI is InChI=1S/C19H34N2O4/c1-5-8-15(17(20)22)16(11-13(3)4)18(23)21-10-7-9-14(12-21)19(24)25-6-2/h13-16H,5-12H2,1-4H3,(H2,20,22)/t14?,15-,16+/m0/s1. The number of hydrogen-bond acceptors (Lipinski definition) is 4. The molecule has 0 saturated carbocycles. The third-order valence-corrected chi connectivity index (χ3v) is 4.85. The number of carbonyl (C=O) groups excluding carboxylic acids is 3. The highest BCUT2D eigenvalue weighted by molar-refractivity contribution is 5.87. The molecule has 6 heteroatoms. The lowest BCUT2D eigenvalue weighted by atomic mass is 9.80. The Labute approximate surface area is 151 Å². The third kappa shape index (κ3) is 6.33. The molecular formula is C19H34N2O4. The molecule has 6 nitrogen and oxygen atoms in total. The summed E-state index contributed by atoms with van der Waals surface area (Å²) in [6.45, 7) is 9.21. The maximum Gasteiger partial charge on any atom is 0.310 e. The van der Waals surface area contributed by atoms with Crippen LogP contribution in [-0.2, 0) is 19.1 Å². The molecule has 2 N–H and O–H groups in total. The molecule has 1 aliphatic rings. The normalized spacial score (nSPS) is 20.2. The molecule has 1 unspecified atom stereocenters. The highest BCUT2D eigenvalue weighted by atomic mass is 16.5. The predicted octanol–water partition coefficient (Wildman–Crippen LogP) is 2.35. The van der Waals surface area contributed by atoms with Crippen molar-refractivity contribution in [2.45, 2.75) is 59.8 Å². The van der Waals surface area contributed by atoms with Gasteiger partial charge in [0.15, 0.2) is 0 Å². The summed E-state index contributed by atoms with van der Waals surface area (Å²) in [7, 11) is 0. The average Bonchev–Trinajstić information content (AvgIpc) is 2.57. The van der Waals surface area contributed by atoms with E-state index in [0.717, 1.165) is 19.3 Å². The summed E-state index contributed by atoms with van der Waals surface area (Å²) in [6.07, 6.45) is 3.58. The summed E-state index contributed by atoms with van der Waals surface area (Å²) in [6, 6.07) is 0. The number of rotatable bonds is 9. The Bertz CT molecular complexity index is 464. The van der Waals surface area contributed by atoms with Crippen LogP contribution in [0.25, 0.3) is 0 Å². The monoisotopic (exact) mass is 354 g/mol. The highest BCUT2D eigenvalue weighted by Crippen LogP contribution is 2.29. The zero-order chi connectivity index (χ0) is 19.0. The lowest BCUT2D eigenvalue weighted by molar-refractivity contribution is -0.153. The number of carbonyl (C=O) groups is 3. The Balaban J connectivity index is 2.91. The molecule has 0 aromatic heterocycles. The Morgan fingerprint density at radius 2 is 1.88 bits per heavy atom. The van der Waals surface area contributed by atoms with Gasteiger partial charge in [0, 0.05) is 24.9 Å². The number of nitrogens with two attached hydrogens (primary N) is 1. The van der Waals surface area contributed by atoms with Gasteiger partial charge in [-0.2, -0.15) is 0 Å². The van der Waals surface area contributed by atoms with Crippen molar-refractivity contribution in [2.75, 3.05) is 19.7 Å². The first-order valence-electron chi connectivity index (χ1n) is 9.56. The van der Waals surface area contributed by atoms with Crippen LogP contribution in [0.2, 0.25) is 0 Å². The van der Waals surface area contributed by atoms with Crippen molar-refractivity contribution in [3.05, 3.63) is 0 Å². The molecule has 25 heavy (non-hydrogen) atoms. The van der Waals surface area contributed by atoms with Gasteiger partial charge in [-0.3, -0.25) is 14.4 Å². The number of esters is 1. The Hall–Kier alpha value is -1.59. The summed E-state index contributed by atoms with van der Waals surface area (Å²) in [4.78, 5) is 38.8. The van der Waals surface area contributed by atoms with Gasteiger partial charge in [-0.1, -0.05) is 27.2 Å². The van der Waals surface area contributed by atoms with E-state index in [0.29, 0.717) is 38.5 Å². The summed E-state index contributed by atoms with van der Waals surface area (Å²) in [5.41, 5.74) is 5.60. The van der Waals surface area contributed by atoms with Crippen molar-refractivity contribution < 1.29 is 19.1 Å². The number of ether oxygens (including phenoxy) is 1. The van der Waals surface area contributed by atoms with E-state index < -0.39 is 17.7 Å². The maximum atomic E-state index is 13.1. The van der Waals surface area contributed by atoms with Crippen molar-refractivity contribution in [3.8, 4) is 0 Å². The minimum Gasteiger partial charge on any atom is -0.466 e. The zero-order valence-electron chi connectivity index (χ0n) is 16.1. The van der Waals surface area contributed by atoms with Crippen LogP contribution in [0.3, 0.4) is 0 Å². The summed E-state index contributed by atoms with van der Waals surface area (Å²) >= 11 is 0. The number of amides is 2. The minimum absolute atomic E-state index is 0.0417. The summed E-state index contributed by atoms with van der Waals surface area (Å²) in [5.74, 6) is -1.50. The van der Waals surface area contributed by atoms with E-state index in [1.165, 1.54) is 0 Å². The fraction of sp³-hybridized carbons (Fsp3) is 0.842.